The molecule has 0 aromatic heterocycles. The van der Waals surface area contributed by atoms with Crippen LogP contribution in [0, 0.1) is 11.8 Å². The van der Waals surface area contributed by atoms with Crippen molar-refractivity contribution in [3.8, 4) is 0 Å². The molecule has 2 aliphatic rings. The number of aliphatic hydroxyl groups is 2. The van der Waals surface area contributed by atoms with Gasteiger partial charge in [0, 0.05) is 24.7 Å². The van der Waals surface area contributed by atoms with Crippen molar-refractivity contribution in [1.82, 2.24) is 0 Å². The van der Waals surface area contributed by atoms with E-state index in [-0.39, 0.29) is 24.7 Å². The van der Waals surface area contributed by atoms with Gasteiger partial charge in [0.15, 0.2) is 0 Å². The number of aliphatic hydroxyl groups excluding tert-OH is 1. The molecule has 6 heteroatoms. The summed E-state index contributed by atoms with van der Waals surface area (Å²) in [5.41, 5.74) is -0.984. The van der Waals surface area contributed by atoms with E-state index in [1.165, 1.54) is 0 Å². The highest BCUT2D eigenvalue weighted by Crippen LogP contribution is 2.40. The fourth-order valence-corrected chi connectivity index (χ4v) is 3.91. The van der Waals surface area contributed by atoms with Gasteiger partial charge in [-0.2, -0.15) is 8.78 Å². The number of fused-ring (bicyclic) bond motifs is 1. The summed E-state index contributed by atoms with van der Waals surface area (Å²) in [6.45, 7) is 3.82. The van der Waals surface area contributed by atoms with Crippen LogP contribution in [0.25, 0.3) is 0 Å². The molecular formula is C21H32F2O4. The van der Waals surface area contributed by atoms with Gasteiger partial charge in [0.2, 0.25) is 0 Å². The van der Waals surface area contributed by atoms with Gasteiger partial charge in [0.25, 0.3) is 0 Å². The van der Waals surface area contributed by atoms with E-state index in [2.05, 4.69) is 6.92 Å². The Labute approximate surface area is 160 Å². The molecule has 5 atom stereocenters. The summed E-state index contributed by atoms with van der Waals surface area (Å²) in [5.74, 6) is -5.64. The van der Waals surface area contributed by atoms with E-state index in [1.54, 1.807) is 25.2 Å². The van der Waals surface area contributed by atoms with Crippen molar-refractivity contribution in [3.63, 3.8) is 0 Å². The summed E-state index contributed by atoms with van der Waals surface area (Å²) >= 11 is 0. The number of carbonyl (C=O) groups is 1. The summed E-state index contributed by atoms with van der Waals surface area (Å²) in [6, 6.07) is 0. The molecule has 1 saturated carbocycles. The van der Waals surface area contributed by atoms with Gasteiger partial charge in [-0.15, -0.1) is 0 Å². The van der Waals surface area contributed by atoms with Gasteiger partial charge in [0.05, 0.1) is 11.7 Å². The van der Waals surface area contributed by atoms with Crippen molar-refractivity contribution < 1.29 is 28.5 Å². The second kappa shape index (κ2) is 9.28. The van der Waals surface area contributed by atoms with Crippen molar-refractivity contribution in [2.24, 2.45) is 11.8 Å². The van der Waals surface area contributed by atoms with Gasteiger partial charge in [-0.25, -0.2) is 4.79 Å². The molecule has 1 aliphatic carbocycles. The van der Waals surface area contributed by atoms with Crippen LogP contribution >= 0.6 is 0 Å². The molecule has 0 saturated heterocycles. The van der Waals surface area contributed by atoms with Crippen molar-refractivity contribution in [2.75, 3.05) is 0 Å². The second-order valence-corrected chi connectivity index (χ2v) is 8.11. The first-order valence-electron chi connectivity index (χ1n) is 10.00. The minimum atomic E-state index is -3.51. The third kappa shape index (κ3) is 6.11. The highest BCUT2D eigenvalue weighted by molar-refractivity contribution is 5.77. The molecule has 154 valence electrons. The minimum absolute atomic E-state index is 0.106. The van der Waals surface area contributed by atoms with Gasteiger partial charge >= 0.3 is 11.9 Å². The lowest BCUT2D eigenvalue weighted by Gasteiger charge is -2.26. The van der Waals surface area contributed by atoms with Crippen molar-refractivity contribution >= 4 is 5.97 Å². The van der Waals surface area contributed by atoms with Gasteiger partial charge in [-0.1, -0.05) is 50.5 Å². The zero-order chi connectivity index (χ0) is 20.1. The number of esters is 1. The predicted octanol–water partition coefficient (Wildman–Crippen LogP) is 4.16. The summed E-state index contributed by atoms with van der Waals surface area (Å²) < 4.78 is 32.8. The first-order valence-corrected chi connectivity index (χ1v) is 10.00. The molecule has 2 rings (SSSR count). The average Bonchev–Trinajstić information content (AvgIpc) is 2.87. The topological polar surface area (TPSA) is 66.8 Å². The quantitative estimate of drug-likeness (QED) is 0.409. The Balaban J connectivity index is 2.12. The molecule has 1 heterocycles. The van der Waals surface area contributed by atoms with Crippen LogP contribution in [0.15, 0.2) is 24.3 Å². The lowest BCUT2D eigenvalue weighted by molar-refractivity contribution is -0.180. The molecule has 0 bridgehead atoms. The lowest BCUT2D eigenvalue weighted by atomic mass is 9.87. The first-order chi connectivity index (χ1) is 12.7. The third-order valence-electron chi connectivity index (χ3n) is 5.61. The Bertz CT molecular complexity index is 556. The molecule has 0 aromatic carbocycles. The van der Waals surface area contributed by atoms with Crippen LogP contribution in [-0.2, 0) is 9.53 Å². The molecule has 0 amide bonds. The fraction of sp³-hybridized carbons (Fsp3) is 0.762. The predicted molar refractivity (Wildman–Crippen MR) is 99.3 cm³/mol. The Morgan fingerprint density at radius 3 is 2.81 bits per heavy atom. The summed E-state index contributed by atoms with van der Waals surface area (Å²) in [5, 5.41) is 20.9. The maximum absolute atomic E-state index is 13.8. The van der Waals surface area contributed by atoms with E-state index in [0.29, 0.717) is 12.8 Å². The largest absolute Gasteiger partial charge is 0.458 e. The summed E-state index contributed by atoms with van der Waals surface area (Å²) in [6.07, 6.45) is 9.24. The SMILES string of the molecule is CCCCC[C@](C)(O)/C=C/[C@@H]1[C@H]2C/C=C/CCC(F)(F)C(=O)O[C@H]2C[C@H]1O. The zero-order valence-electron chi connectivity index (χ0n) is 16.2. The Morgan fingerprint density at radius 1 is 1.37 bits per heavy atom. The molecule has 0 unspecified atom stereocenters. The van der Waals surface area contributed by atoms with Crippen LogP contribution in [0.3, 0.4) is 0 Å². The molecule has 0 aromatic rings. The lowest BCUT2D eigenvalue weighted by Crippen LogP contribution is -2.36. The highest BCUT2D eigenvalue weighted by Gasteiger charge is 2.47. The van der Waals surface area contributed by atoms with Gasteiger partial charge in [0.1, 0.15) is 6.10 Å². The van der Waals surface area contributed by atoms with Gasteiger partial charge in [-0.3, -0.25) is 0 Å². The highest BCUT2D eigenvalue weighted by atomic mass is 19.3. The molecule has 1 aliphatic heterocycles. The van der Waals surface area contributed by atoms with E-state index in [1.807, 2.05) is 6.08 Å². The van der Waals surface area contributed by atoms with Gasteiger partial charge < -0.3 is 14.9 Å². The fourth-order valence-electron chi connectivity index (χ4n) is 3.91. The number of ether oxygens (including phenoxy) is 1. The maximum atomic E-state index is 13.8. The van der Waals surface area contributed by atoms with Crippen LogP contribution in [0.5, 0.6) is 0 Å². The number of hydrogen-bond acceptors (Lipinski definition) is 4. The number of halogens is 2. The first kappa shape index (κ1) is 22.0. The number of unbranched alkanes of at least 4 members (excludes halogenated alkanes) is 2. The van der Waals surface area contributed by atoms with Crippen molar-refractivity contribution in [2.45, 2.75) is 88.9 Å². The zero-order valence-corrected chi connectivity index (χ0v) is 16.2. The standard InChI is InChI=1S/C21H32F2O4/c1-3-4-7-11-20(2,26)13-10-15-16-9-6-5-8-12-21(22,23)19(25)27-18(16)14-17(15)24/h5-6,10,13,15-18,24,26H,3-4,7-9,11-12,14H2,1-2H3/b6-5+,13-10+/t15-,16-,17-,18+,20+/m1/s1. The van der Waals surface area contributed by atoms with E-state index in [4.69, 9.17) is 4.74 Å². The van der Waals surface area contributed by atoms with E-state index >= 15 is 0 Å². The monoisotopic (exact) mass is 386 g/mol. The smallest absolute Gasteiger partial charge is 0.377 e. The molecule has 0 spiro atoms. The number of carbonyl (C=O) groups excluding carboxylic acids is 1. The van der Waals surface area contributed by atoms with Crippen LogP contribution in [0.1, 0.15) is 65.2 Å². The van der Waals surface area contributed by atoms with E-state index in [9.17, 15) is 23.8 Å². The Kier molecular flexibility index (Phi) is 7.57. The van der Waals surface area contributed by atoms with E-state index < -0.39 is 36.1 Å². The molecule has 0 radical (unpaired) electrons. The summed E-state index contributed by atoms with van der Waals surface area (Å²) in [4.78, 5) is 11.8. The Morgan fingerprint density at radius 2 is 2.11 bits per heavy atom. The van der Waals surface area contributed by atoms with E-state index in [0.717, 1.165) is 19.3 Å². The normalized spacial score (nSPS) is 34.7. The molecule has 4 nitrogen and oxygen atoms in total. The minimum Gasteiger partial charge on any atom is -0.458 e. The van der Waals surface area contributed by atoms with Crippen LogP contribution in [0.2, 0.25) is 0 Å². The average molecular weight is 386 g/mol. The number of allylic oxidation sites excluding steroid dienone is 2. The molecule has 27 heavy (non-hydrogen) atoms. The van der Waals surface area contributed by atoms with Crippen molar-refractivity contribution in [1.29, 1.82) is 0 Å². The number of hydrogen-bond donors (Lipinski definition) is 2. The Hall–Kier alpha value is -1.27. The van der Waals surface area contributed by atoms with Crippen LogP contribution in [0.4, 0.5) is 8.78 Å². The number of rotatable bonds is 6. The molecular weight excluding hydrogens is 354 g/mol. The second-order valence-electron chi connectivity index (χ2n) is 8.11. The summed E-state index contributed by atoms with van der Waals surface area (Å²) in [7, 11) is 0. The third-order valence-corrected chi connectivity index (χ3v) is 5.61. The van der Waals surface area contributed by atoms with Crippen LogP contribution < -0.4 is 0 Å². The van der Waals surface area contributed by atoms with Crippen molar-refractivity contribution in [3.05, 3.63) is 24.3 Å². The van der Waals surface area contributed by atoms with Crippen LogP contribution in [-0.4, -0.2) is 39.9 Å². The molecule has 2 N–H and O–H groups in total. The molecule has 1 fully saturated rings. The van der Waals surface area contributed by atoms with Gasteiger partial charge in [-0.05, 0) is 26.2 Å². The maximum Gasteiger partial charge on any atom is 0.377 e. The number of alkyl halides is 2.